The Morgan fingerprint density at radius 1 is 1.44 bits per heavy atom. The second-order valence-electron chi connectivity index (χ2n) is 4.20. The van der Waals surface area contributed by atoms with Crippen LogP contribution in [0.5, 0.6) is 11.5 Å². The van der Waals surface area contributed by atoms with Crippen molar-refractivity contribution in [2.75, 3.05) is 20.7 Å². The molecule has 2 N–H and O–H groups in total. The number of carboxylic acids is 1. The highest BCUT2D eigenvalue weighted by Gasteiger charge is 2.09. The van der Waals surface area contributed by atoms with E-state index in [4.69, 9.17) is 9.84 Å². The summed E-state index contributed by atoms with van der Waals surface area (Å²) in [5.41, 5.74) is 0.771. The maximum absolute atomic E-state index is 10.4. The minimum Gasteiger partial charge on any atom is -0.504 e. The zero-order chi connectivity index (χ0) is 13.5. The molecule has 5 nitrogen and oxygen atoms in total. The summed E-state index contributed by atoms with van der Waals surface area (Å²) in [4.78, 5) is 12.4. The van der Waals surface area contributed by atoms with Gasteiger partial charge in [0.2, 0.25) is 0 Å². The van der Waals surface area contributed by atoms with Gasteiger partial charge < -0.3 is 19.8 Å². The molecule has 0 saturated carbocycles. The third kappa shape index (κ3) is 4.25. The lowest BCUT2D eigenvalue weighted by Crippen LogP contribution is -2.19. The molecule has 100 valence electrons. The maximum Gasteiger partial charge on any atom is 0.303 e. The molecule has 0 fully saturated rings. The van der Waals surface area contributed by atoms with E-state index in [9.17, 15) is 9.90 Å². The predicted octanol–water partition coefficient (Wildman–Crippen LogP) is 1.70. The molecule has 1 aromatic rings. The third-order valence-electron chi connectivity index (χ3n) is 2.67. The molecule has 0 spiro atoms. The van der Waals surface area contributed by atoms with Crippen LogP contribution < -0.4 is 4.74 Å². The lowest BCUT2D eigenvalue weighted by molar-refractivity contribution is -0.137. The number of para-hydroxylation sites is 1. The van der Waals surface area contributed by atoms with Gasteiger partial charge in [-0.1, -0.05) is 12.1 Å². The SMILES string of the molecule is COc1cccc(CN(C)CCCC(=O)O)c1O. The smallest absolute Gasteiger partial charge is 0.303 e. The molecule has 1 aromatic carbocycles. The topological polar surface area (TPSA) is 70.0 Å². The summed E-state index contributed by atoms with van der Waals surface area (Å²) in [6.07, 6.45) is 0.755. The minimum atomic E-state index is -0.785. The van der Waals surface area contributed by atoms with Crippen molar-refractivity contribution >= 4 is 5.97 Å². The average molecular weight is 253 g/mol. The number of aliphatic carboxylic acids is 1. The van der Waals surface area contributed by atoms with Gasteiger partial charge in [0, 0.05) is 18.5 Å². The number of carboxylic acid groups (broad SMARTS) is 1. The highest BCUT2D eigenvalue weighted by Crippen LogP contribution is 2.29. The molecule has 0 bridgehead atoms. The molecule has 0 aliphatic carbocycles. The van der Waals surface area contributed by atoms with E-state index in [0.29, 0.717) is 25.3 Å². The Balaban J connectivity index is 2.53. The van der Waals surface area contributed by atoms with Crippen molar-refractivity contribution in [1.82, 2.24) is 4.90 Å². The highest BCUT2D eigenvalue weighted by atomic mass is 16.5. The third-order valence-corrected chi connectivity index (χ3v) is 2.67. The molecule has 5 heteroatoms. The molecule has 0 atom stereocenters. The van der Waals surface area contributed by atoms with Crippen molar-refractivity contribution in [3.63, 3.8) is 0 Å². The van der Waals surface area contributed by atoms with Crippen LogP contribution in [0.3, 0.4) is 0 Å². The zero-order valence-electron chi connectivity index (χ0n) is 10.7. The number of nitrogens with zero attached hydrogens (tertiary/aromatic N) is 1. The molecule has 0 amide bonds. The van der Waals surface area contributed by atoms with Crippen molar-refractivity contribution in [3.8, 4) is 11.5 Å². The monoisotopic (exact) mass is 253 g/mol. The number of rotatable bonds is 7. The Morgan fingerprint density at radius 2 is 2.17 bits per heavy atom. The quantitative estimate of drug-likeness (QED) is 0.774. The van der Waals surface area contributed by atoms with E-state index in [1.54, 1.807) is 6.07 Å². The number of hydrogen-bond acceptors (Lipinski definition) is 4. The Bertz CT molecular complexity index is 406. The van der Waals surface area contributed by atoms with Crippen LogP contribution in [0.15, 0.2) is 18.2 Å². The first-order valence-corrected chi connectivity index (χ1v) is 5.79. The Morgan fingerprint density at radius 3 is 2.78 bits per heavy atom. The summed E-state index contributed by atoms with van der Waals surface area (Å²) >= 11 is 0. The van der Waals surface area contributed by atoms with Crippen LogP contribution >= 0.6 is 0 Å². The number of aromatic hydroxyl groups is 1. The van der Waals surface area contributed by atoms with Crippen molar-refractivity contribution in [2.45, 2.75) is 19.4 Å². The van der Waals surface area contributed by atoms with E-state index in [1.165, 1.54) is 7.11 Å². The first-order chi connectivity index (χ1) is 8.54. The molecule has 0 aliphatic heterocycles. The van der Waals surface area contributed by atoms with E-state index in [0.717, 1.165) is 5.56 Å². The van der Waals surface area contributed by atoms with E-state index in [2.05, 4.69) is 0 Å². The maximum atomic E-state index is 10.4. The summed E-state index contributed by atoms with van der Waals surface area (Å²) in [5.74, 6) is -0.191. The second-order valence-corrected chi connectivity index (χ2v) is 4.20. The fraction of sp³-hybridized carbons (Fsp3) is 0.462. The first-order valence-electron chi connectivity index (χ1n) is 5.79. The van der Waals surface area contributed by atoms with Crippen LogP contribution in [-0.4, -0.2) is 41.8 Å². The summed E-state index contributed by atoms with van der Waals surface area (Å²) < 4.78 is 5.03. The molecule has 0 aromatic heterocycles. The lowest BCUT2D eigenvalue weighted by Gasteiger charge is -2.17. The van der Waals surface area contributed by atoms with Gasteiger partial charge >= 0.3 is 5.97 Å². The van der Waals surface area contributed by atoms with Gasteiger partial charge in [-0.2, -0.15) is 0 Å². The van der Waals surface area contributed by atoms with Crippen molar-refractivity contribution < 1.29 is 19.7 Å². The molecule has 0 radical (unpaired) electrons. The van der Waals surface area contributed by atoms with Gasteiger partial charge in [-0.05, 0) is 26.1 Å². The molecule has 0 heterocycles. The summed E-state index contributed by atoms with van der Waals surface area (Å²) in [6, 6.07) is 5.34. The van der Waals surface area contributed by atoms with E-state index in [-0.39, 0.29) is 12.2 Å². The van der Waals surface area contributed by atoms with Crippen molar-refractivity contribution in [1.29, 1.82) is 0 Å². The van der Waals surface area contributed by atoms with Gasteiger partial charge in [-0.25, -0.2) is 0 Å². The van der Waals surface area contributed by atoms with Crippen LogP contribution in [0.2, 0.25) is 0 Å². The molecule has 0 aliphatic rings. The minimum absolute atomic E-state index is 0.144. The normalized spacial score (nSPS) is 10.6. The van der Waals surface area contributed by atoms with E-state index >= 15 is 0 Å². The number of phenolic OH excluding ortho intramolecular Hbond substituents is 1. The largest absolute Gasteiger partial charge is 0.504 e. The average Bonchev–Trinajstić information content (AvgIpc) is 2.31. The Kier molecular flexibility index (Phi) is 5.45. The number of phenols is 1. The van der Waals surface area contributed by atoms with Crippen molar-refractivity contribution in [3.05, 3.63) is 23.8 Å². The van der Waals surface area contributed by atoms with Gasteiger partial charge in [0.15, 0.2) is 11.5 Å². The molecule has 18 heavy (non-hydrogen) atoms. The summed E-state index contributed by atoms with van der Waals surface area (Å²) in [5, 5.41) is 18.5. The number of hydrogen-bond donors (Lipinski definition) is 2. The van der Waals surface area contributed by atoms with Gasteiger partial charge in [0.1, 0.15) is 0 Å². The van der Waals surface area contributed by atoms with Crippen LogP contribution in [0.25, 0.3) is 0 Å². The number of ether oxygens (including phenoxy) is 1. The van der Waals surface area contributed by atoms with Gasteiger partial charge in [-0.15, -0.1) is 0 Å². The van der Waals surface area contributed by atoms with Crippen LogP contribution in [0.4, 0.5) is 0 Å². The first kappa shape index (κ1) is 14.3. The van der Waals surface area contributed by atoms with Crippen LogP contribution in [0, 0.1) is 0 Å². The van der Waals surface area contributed by atoms with Gasteiger partial charge in [0.05, 0.1) is 7.11 Å². The molecular formula is C13H19NO4. The zero-order valence-corrected chi connectivity index (χ0v) is 10.7. The second kappa shape index (κ2) is 6.86. The fourth-order valence-electron chi connectivity index (χ4n) is 1.73. The fourth-order valence-corrected chi connectivity index (χ4v) is 1.73. The predicted molar refractivity (Wildman–Crippen MR) is 67.9 cm³/mol. The summed E-state index contributed by atoms with van der Waals surface area (Å²) in [6.45, 7) is 1.23. The molecule has 0 saturated heterocycles. The van der Waals surface area contributed by atoms with E-state index < -0.39 is 5.97 Å². The van der Waals surface area contributed by atoms with Crippen LogP contribution in [0.1, 0.15) is 18.4 Å². The molecule has 1 rings (SSSR count). The highest BCUT2D eigenvalue weighted by molar-refractivity contribution is 5.66. The number of benzene rings is 1. The lowest BCUT2D eigenvalue weighted by atomic mass is 10.1. The molecular weight excluding hydrogens is 234 g/mol. The van der Waals surface area contributed by atoms with Gasteiger partial charge in [0.25, 0.3) is 0 Å². The van der Waals surface area contributed by atoms with Gasteiger partial charge in [-0.3, -0.25) is 4.79 Å². The van der Waals surface area contributed by atoms with Crippen LogP contribution in [-0.2, 0) is 11.3 Å². The van der Waals surface area contributed by atoms with E-state index in [1.807, 2.05) is 24.1 Å². The Labute approximate surface area is 107 Å². The summed E-state index contributed by atoms with van der Waals surface area (Å²) in [7, 11) is 3.40. The number of carbonyl (C=O) groups is 1. The molecule has 0 unspecified atom stereocenters. The van der Waals surface area contributed by atoms with Crippen molar-refractivity contribution in [2.24, 2.45) is 0 Å². The number of methoxy groups -OCH3 is 1. The standard InChI is InChI=1S/C13H19NO4/c1-14(8-4-7-12(15)16)9-10-5-3-6-11(18-2)13(10)17/h3,5-6,17H,4,7-9H2,1-2H3,(H,15,16). The Hall–Kier alpha value is -1.75.